The van der Waals surface area contributed by atoms with Crippen LogP contribution in [0.25, 0.3) is 0 Å². The Bertz CT molecular complexity index is 422. The van der Waals surface area contributed by atoms with Crippen molar-refractivity contribution in [3.8, 4) is 0 Å². The van der Waals surface area contributed by atoms with Crippen LogP contribution in [-0.2, 0) is 12.7 Å². The highest BCUT2D eigenvalue weighted by atomic mass is 19.4. The largest absolute Gasteiger partial charge is 0.453 e. The van der Waals surface area contributed by atoms with Crippen LogP contribution >= 0.6 is 0 Å². The summed E-state index contributed by atoms with van der Waals surface area (Å²) in [6.07, 6.45) is -1.22. The predicted octanol–water partition coefficient (Wildman–Crippen LogP) is 1.74. The fourth-order valence-electron chi connectivity index (χ4n) is 2.21. The molecule has 3 rings (SSSR count). The van der Waals surface area contributed by atoms with E-state index in [1.54, 1.807) is 0 Å². The van der Waals surface area contributed by atoms with Crippen molar-refractivity contribution in [3.05, 3.63) is 11.6 Å². The molecule has 0 aromatic carbocycles. The van der Waals surface area contributed by atoms with Gasteiger partial charge in [0.25, 0.3) is 5.82 Å². The number of rotatable bonds is 2. The maximum atomic E-state index is 12.5. The molecule has 1 saturated carbocycles. The molecular weight excluding hydrogens is 233 g/mol. The second-order valence-electron chi connectivity index (χ2n) is 4.70. The van der Waals surface area contributed by atoms with Crippen molar-refractivity contribution >= 4 is 0 Å². The lowest BCUT2D eigenvalue weighted by Gasteiger charge is -2.23. The zero-order valence-electron chi connectivity index (χ0n) is 9.17. The van der Waals surface area contributed by atoms with Gasteiger partial charge in [-0.25, -0.2) is 9.67 Å². The molecule has 0 bridgehead atoms. The monoisotopic (exact) mass is 246 g/mol. The molecule has 0 saturated heterocycles. The van der Waals surface area contributed by atoms with Crippen LogP contribution in [0.15, 0.2) is 0 Å². The van der Waals surface area contributed by atoms with Crippen molar-refractivity contribution in [1.29, 1.82) is 0 Å². The zero-order valence-corrected chi connectivity index (χ0v) is 9.17. The van der Waals surface area contributed by atoms with Gasteiger partial charge in [0.05, 0.1) is 12.6 Å². The van der Waals surface area contributed by atoms with Crippen molar-refractivity contribution in [1.82, 2.24) is 20.1 Å². The normalized spacial score (nSPS) is 24.8. The number of fused-ring (bicyclic) bond motifs is 1. The predicted molar refractivity (Wildman–Crippen MR) is 53.1 cm³/mol. The van der Waals surface area contributed by atoms with Crippen molar-refractivity contribution < 1.29 is 13.2 Å². The topological polar surface area (TPSA) is 42.7 Å². The van der Waals surface area contributed by atoms with Gasteiger partial charge in [0.2, 0.25) is 0 Å². The van der Waals surface area contributed by atoms with Crippen LogP contribution in [0.4, 0.5) is 13.2 Å². The highest BCUT2D eigenvalue weighted by Gasteiger charge is 2.39. The third-order valence-electron chi connectivity index (χ3n) is 3.25. The third kappa shape index (κ3) is 2.15. The standard InChI is InChI=1S/C10H13F3N4/c11-10(12,13)9-15-8-7(5-6-1-2-6)14-3-4-17(8)16-9/h6-7,14H,1-5H2. The van der Waals surface area contributed by atoms with E-state index < -0.39 is 12.0 Å². The molecule has 1 aromatic heterocycles. The van der Waals surface area contributed by atoms with Gasteiger partial charge in [0.15, 0.2) is 0 Å². The summed E-state index contributed by atoms with van der Waals surface area (Å²) in [5, 5.41) is 6.76. The average molecular weight is 246 g/mol. The van der Waals surface area contributed by atoms with Gasteiger partial charge in [0, 0.05) is 6.54 Å². The average Bonchev–Trinajstić information content (AvgIpc) is 2.93. The van der Waals surface area contributed by atoms with E-state index in [9.17, 15) is 13.2 Å². The number of nitrogens with zero attached hydrogens (tertiary/aromatic N) is 3. The molecule has 1 aliphatic carbocycles. The number of hydrogen-bond donors (Lipinski definition) is 1. The fourth-order valence-corrected chi connectivity index (χ4v) is 2.21. The minimum Gasteiger partial charge on any atom is -0.305 e. The van der Waals surface area contributed by atoms with Crippen molar-refractivity contribution in [2.45, 2.75) is 38.0 Å². The van der Waals surface area contributed by atoms with Crippen LogP contribution in [-0.4, -0.2) is 21.3 Å². The minimum absolute atomic E-state index is 0.0696. The summed E-state index contributed by atoms with van der Waals surface area (Å²) in [5.74, 6) is 0.0672. The maximum Gasteiger partial charge on any atom is 0.453 e. The fraction of sp³-hybridized carbons (Fsp3) is 0.800. The van der Waals surface area contributed by atoms with Crippen LogP contribution in [0.1, 0.15) is 37.0 Å². The molecule has 1 aliphatic heterocycles. The molecule has 0 amide bonds. The summed E-state index contributed by atoms with van der Waals surface area (Å²) in [4.78, 5) is 3.65. The van der Waals surface area contributed by atoms with Crippen molar-refractivity contribution in [2.24, 2.45) is 5.92 Å². The van der Waals surface area contributed by atoms with Gasteiger partial charge < -0.3 is 5.32 Å². The van der Waals surface area contributed by atoms with Gasteiger partial charge in [-0.2, -0.15) is 13.2 Å². The molecule has 1 fully saturated rings. The smallest absolute Gasteiger partial charge is 0.305 e. The van der Waals surface area contributed by atoms with Gasteiger partial charge in [-0.1, -0.05) is 12.8 Å². The first-order chi connectivity index (χ1) is 8.04. The number of hydrogen-bond acceptors (Lipinski definition) is 3. The van der Waals surface area contributed by atoms with Crippen LogP contribution in [0, 0.1) is 5.92 Å². The van der Waals surface area contributed by atoms with Gasteiger partial charge in [0.1, 0.15) is 5.82 Å². The highest BCUT2D eigenvalue weighted by Crippen LogP contribution is 2.38. The van der Waals surface area contributed by atoms with E-state index in [4.69, 9.17) is 0 Å². The van der Waals surface area contributed by atoms with Gasteiger partial charge in [-0.05, 0) is 12.3 Å². The van der Waals surface area contributed by atoms with Gasteiger partial charge in [-0.3, -0.25) is 0 Å². The van der Waals surface area contributed by atoms with E-state index in [1.807, 2.05) is 0 Å². The molecule has 17 heavy (non-hydrogen) atoms. The Morgan fingerprint density at radius 1 is 1.35 bits per heavy atom. The molecule has 2 heterocycles. The Morgan fingerprint density at radius 2 is 2.12 bits per heavy atom. The van der Waals surface area contributed by atoms with Crippen LogP contribution < -0.4 is 5.32 Å². The summed E-state index contributed by atoms with van der Waals surface area (Å²) in [7, 11) is 0. The van der Waals surface area contributed by atoms with Gasteiger partial charge >= 0.3 is 6.18 Å². The zero-order chi connectivity index (χ0) is 12.0. The number of alkyl halides is 3. The lowest BCUT2D eigenvalue weighted by molar-refractivity contribution is -0.145. The van der Waals surface area contributed by atoms with Crippen molar-refractivity contribution in [2.75, 3.05) is 6.54 Å². The third-order valence-corrected chi connectivity index (χ3v) is 3.25. The first-order valence-electron chi connectivity index (χ1n) is 5.79. The molecule has 1 N–H and O–H groups in total. The minimum atomic E-state index is -4.45. The Balaban J connectivity index is 1.87. The first kappa shape index (κ1) is 11.0. The van der Waals surface area contributed by atoms with E-state index in [0.717, 1.165) is 6.42 Å². The van der Waals surface area contributed by atoms with E-state index in [1.165, 1.54) is 17.5 Å². The summed E-state index contributed by atoms with van der Waals surface area (Å²) in [5.41, 5.74) is 0. The lowest BCUT2D eigenvalue weighted by Crippen LogP contribution is -2.34. The summed E-state index contributed by atoms with van der Waals surface area (Å²) < 4.78 is 38.9. The summed E-state index contributed by atoms with van der Waals surface area (Å²) in [6, 6.07) is -0.0696. The molecule has 4 nitrogen and oxygen atoms in total. The van der Waals surface area contributed by atoms with Crippen LogP contribution in [0.5, 0.6) is 0 Å². The van der Waals surface area contributed by atoms with Crippen LogP contribution in [0.3, 0.4) is 0 Å². The number of nitrogens with one attached hydrogen (secondary N) is 1. The van der Waals surface area contributed by atoms with Gasteiger partial charge in [-0.15, -0.1) is 5.10 Å². The maximum absolute atomic E-state index is 12.5. The summed E-state index contributed by atoms with van der Waals surface area (Å²) >= 11 is 0. The first-order valence-corrected chi connectivity index (χ1v) is 5.79. The van der Waals surface area contributed by atoms with Crippen molar-refractivity contribution in [3.63, 3.8) is 0 Å². The van der Waals surface area contributed by atoms with Crippen LogP contribution in [0.2, 0.25) is 0 Å². The van der Waals surface area contributed by atoms with E-state index >= 15 is 0 Å². The Kier molecular flexibility index (Phi) is 2.39. The Labute approximate surface area is 96.2 Å². The lowest BCUT2D eigenvalue weighted by atomic mass is 10.1. The highest BCUT2D eigenvalue weighted by molar-refractivity contribution is 5.05. The van der Waals surface area contributed by atoms with E-state index in [2.05, 4.69) is 15.4 Å². The molecule has 0 radical (unpaired) electrons. The van der Waals surface area contributed by atoms with E-state index in [-0.39, 0.29) is 6.04 Å². The molecule has 2 aliphatic rings. The van der Waals surface area contributed by atoms with E-state index in [0.29, 0.717) is 24.8 Å². The molecule has 94 valence electrons. The summed E-state index contributed by atoms with van der Waals surface area (Å²) in [6.45, 7) is 1.12. The molecule has 7 heteroatoms. The second kappa shape index (κ2) is 3.69. The number of halogens is 3. The number of aromatic nitrogens is 3. The molecule has 1 unspecified atom stereocenters. The quantitative estimate of drug-likeness (QED) is 0.864. The second-order valence-corrected chi connectivity index (χ2v) is 4.70. The molecule has 1 aromatic rings. The molecule has 0 spiro atoms. The SMILES string of the molecule is FC(F)(F)c1nc2n(n1)CCNC2CC1CC1. The Morgan fingerprint density at radius 3 is 2.76 bits per heavy atom. The molecular formula is C10H13F3N4. The molecule has 1 atom stereocenters. The Hall–Kier alpha value is -1.11.